The Morgan fingerprint density at radius 1 is 0.966 bits per heavy atom. The third-order valence-corrected chi connectivity index (χ3v) is 3.89. The van der Waals surface area contributed by atoms with E-state index in [2.05, 4.69) is 22.8 Å². The second-order valence-electron chi connectivity index (χ2n) is 6.20. The summed E-state index contributed by atoms with van der Waals surface area (Å²) in [6.07, 6.45) is 3.57. The highest BCUT2D eigenvalue weighted by Gasteiger charge is 2.08. The normalized spacial score (nSPS) is 10.6. The van der Waals surface area contributed by atoms with Crippen LogP contribution in [0.5, 0.6) is 11.5 Å². The molecule has 0 saturated heterocycles. The summed E-state index contributed by atoms with van der Waals surface area (Å²) in [5, 5.41) is 6.44. The smallest absolute Gasteiger partial charge is 0.259 e. The van der Waals surface area contributed by atoms with Gasteiger partial charge in [0.15, 0.2) is 0 Å². The van der Waals surface area contributed by atoms with Gasteiger partial charge >= 0.3 is 0 Å². The van der Waals surface area contributed by atoms with E-state index in [1.807, 2.05) is 31.2 Å². The zero-order chi connectivity index (χ0) is 20.9. The molecule has 0 saturated carbocycles. The minimum Gasteiger partial charge on any atom is -0.494 e. The molecule has 0 fully saturated rings. The maximum atomic E-state index is 12.1. The van der Waals surface area contributed by atoms with Gasteiger partial charge in [-0.3, -0.25) is 9.59 Å². The lowest BCUT2D eigenvalue weighted by Gasteiger charge is -2.07. The zero-order valence-electron chi connectivity index (χ0n) is 16.8. The van der Waals surface area contributed by atoms with Gasteiger partial charge in [-0.1, -0.05) is 13.3 Å². The number of nitrogens with one attached hydrogen (secondary N) is 2. The minimum atomic E-state index is -0.417. The fourth-order valence-corrected chi connectivity index (χ4v) is 2.33. The van der Waals surface area contributed by atoms with Gasteiger partial charge in [0, 0.05) is 5.56 Å². The molecule has 29 heavy (non-hydrogen) atoms. The fraction of sp³-hybridized carbons (Fsp3) is 0.318. The number of unbranched alkanes of at least 4 members (excludes halogenated alkanes) is 1. The Labute approximate surface area is 171 Å². The first-order chi connectivity index (χ1) is 14.1. The molecule has 7 nitrogen and oxygen atoms in total. The van der Waals surface area contributed by atoms with E-state index in [9.17, 15) is 9.59 Å². The van der Waals surface area contributed by atoms with E-state index in [4.69, 9.17) is 9.47 Å². The van der Waals surface area contributed by atoms with Crippen LogP contribution in [0.3, 0.4) is 0 Å². The quantitative estimate of drug-likeness (QED) is 0.346. The molecule has 154 valence electrons. The van der Waals surface area contributed by atoms with Gasteiger partial charge in [0.2, 0.25) is 0 Å². The Balaban J connectivity index is 1.73. The molecule has 2 aromatic rings. The van der Waals surface area contributed by atoms with Crippen LogP contribution in [0.25, 0.3) is 0 Å². The molecule has 0 aliphatic heterocycles. The van der Waals surface area contributed by atoms with Crippen LogP contribution in [0, 0.1) is 0 Å². The number of amides is 2. The molecule has 0 spiro atoms. The van der Waals surface area contributed by atoms with Crippen molar-refractivity contribution in [2.75, 3.05) is 19.8 Å². The van der Waals surface area contributed by atoms with Gasteiger partial charge in [0.25, 0.3) is 11.8 Å². The molecule has 2 N–H and O–H groups in total. The summed E-state index contributed by atoms with van der Waals surface area (Å²) in [6.45, 7) is 5.10. The van der Waals surface area contributed by atoms with Gasteiger partial charge in [-0.2, -0.15) is 5.10 Å². The number of rotatable bonds is 11. The van der Waals surface area contributed by atoms with Gasteiger partial charge in [-0.25, -0.2) is 5.43 Å². The second-order valence-corrected chi connectivity index (χ2v) is 6.20. The van der Waals surface area contributed by atoms with Crippen LogP contribution in [0.15, 0.2) is 53.6 Å². The topological polar surface area (TPSA) is 89.0 Å². The Bertz CT molecular complexity index is 802. The molecule has 2 rings (SSSR count). The van der Waals surface area contributed by atoms with E-state index in [1.165, 1.54) is 6.21 Å². The molecule has 0 heterocycles. The highest BCUT2D eigenvalue weighted by molar-refractivity contribution is 5.96. The first-order valence-corrected chi connectivity index (χ1v) is 9.68. The van der Waals surface area contributed by atoms with Crippen molar-refractivity contribution in [1.82, 2.24) is 10.7 Å². The second kappa shape index (κ2) is 12.2. The van der Waals surface area contributed by atoms with Crippen LogP contribution in [0.1, 0.15) is 42.6 Å². The predicted octanol–water partition coefficient (Wildman–Crippen LogP) is 3.14. The van der Waals surface area contributed by atoms with Crippen molar-refractivity contribution >= 4 is 18.0 Å². The van der Waals surface area contributed by atoms with E-state index in [-0.39, 0.29) is 12.5 Å². The van der Waals surface area contributed by atoms with Crippen LogP contribution < -0.4 is 20.2 Å². The Hall–Kier alpha value is -3.35. The van der Waals surface area contributed by atoms with Crippen LogP contribution in [0.2, 0.25) is 0 Å². The number of hydrogen-bond acceptors (Lipinski definition) is 5. The van der Waals surface area contributed by atoms with Crippen molar-refractivity contribution in [3.63, 3.8) is 0 Å². The number of carbonyl (C=O) groups excluding carboxylic acids is 2. The van der Waals surface area contributed by atoms with Crippen molar-refractivity contribution in [3.05, 3.63) is 59.7 Å². The molecule has 2 amide bonds. The summed E-state index contributed by atoms with van der Waals surface area (Å²) in [5.41, 5.74) is 3.66. The summed E-state index contributed by atoms with van der Waals surface area (Å²) in [6, 6.07) is 14.1. The van der Waals surface area contributed by atoms with Crippen LogP contribution in [-0.2, 0) is 4.79 Å². The summed E-state index contributed by atoms with van der Waals surface area (Å²) in [7, 11) is 0. The largest absolute Gasteiger partial charge is 0.494 e. The zero-order valence-corrected chi connectivity index (χ0v) is 16.8. The minimum absolute atomic E-state index is 0.172. The maximum Gasteiger partial charge on any atom is 0.259 e. The average molecular weight is 397 g/mol. The number of benzene rings is 2. The molecule has 0 aromatic heterocycles. The lowest BCUT2D eigenvalue weighted by Crippen LogP contribution is -2.34. The van der Waals surface area contributed by atoms with Crippen LogP contribution in [-0.4, -0.2) is 37.8 Å². The Morgan fingerprint density at radius 2 is 1.62 bits per heavy atom. The van der Waals surface area contributed by atoms with Gasteiger partial charge < -0.3 is 14.8 Å². The van der Waals surface area contributed by atoms with Crippen molar-refractivity contribution in [2.45, 2.75) is 26.7 Å². The third kappa shape index (κ3) is 8.04. The van der Waals surface area contributed by atoms with Gasteiger partial charge in [-0.15, -0.1) is 0 Å². The van der Waals surface area contributed by atoms with Crippen molar-refractivity contribution in [2.24, 2.45) is 5.10 Å². The number of carbonyl (C=O) groups is 2. The molecule has 0 atom stereocenters. The molecule has 0 unspecified atom stereocenters. The molecule has 7 heteroatoms. The van der Waals surface area contributed by atoms with Crippen LogP contribution in [0.4, 0.5) is 0 Å². The van der Waals surface area contributed by atoms with Crippen molar-refractivity contribution < 1.29 is 19.1 Å². The molecular weight excluding hydrogens is 370 g/mol. The number of hydrogen-bond donors (Lipinski definition) is 2. The number of hydrazone groups is 1. The summed E-state index contributed by atoms with van der Waals surface area (Å²) < 4.78 is 10.9. The predicted molar refractivity (Wildman–Crippen MR) is 113 cm³/mol. The average Bonchev–Trinajstić information content (AvgIpc) is 2.74. The number of nitrogens with zero attached hydrogens (tertiary/aromatic N) is 1. The van der Waals surface area contributed by atoms with Gasteiger partial charge in [0.05, 0.1) is 26.0 Å². The van der Waals surface area contributed by atoms with E-state index < -0.39 is 5.91 Å². The standard InChI is InChI=1S/C22H27N3O4/c1-3-5-14-29-20-12-8-18(9-13-20)22(27)23-16-21(26)25-24-15-17-6-10-19(11-7-17)28-4-2/h6-13,15H,3-5,14,16H2,1-2H3,(H,23,27)(H,25,26)/b24-15+. The van der Waals surface area contributed by atoms with E-state index in [0.29, 0.717) is 18.8 Å². The first kappa shape index (κ1) is 21.9. The first-order valence-electron chi connectivity index (χ1n) is 9.68. The highest BCUT2D eigenvalue weighted by Crippen LogP contribution is 2.13. The lowest BCUT2D eigenvalue weighted by atomic mass is 10.2. The van der Waals surface area contributed by atoms with E-state index >= 15 is 0 Å². The Morgan fingerprint density at radius 3 is 2.28 bits per heavy atom. The molecule has 2 aromatic carbocycles. The Kier molecular flexibility index (Phi) is 9.21. The van der Waals surface area contributed by atoms with Gasteiger partial charge in [0.1, 0.15) is 11.5 Å². The summed E-state index contributed by atoms with van der Waals surface area (Å²) in [4.78, 5) is 23.9. The third-order valence-electron chi connectivity index (χ3n) is 3.89. The van der Waals surface area contributed by atoms with Crippen molar-refractivity contribution in [1.29, 1.82) is 0 Å². The maximum absolute atomic E-state index is 12.1. The summed E-state index contributed by atoms with van der Waals surface area (Å²) >= 11 is 0. The molecule has 0 radical (unpaired) electrons. The van der Waals surface area contributed by atoms with E-state index in [1.54, 1.807) is 24.3 Å². The van der Waals surface area contributed by atoms with Crippen molar-refractivity contribution in [3.8, 4) is 11.5 Å². The monoisotopic (exact) mass is 397 g/mol. The van der Waals surface area contributed by atoms with Crippen LogP contribution >= 0.6 is 0 Å². The fourth-order valence-electron chi connectivity index (χ4n) is 2.33. The van der Waals surface area contributed by atoms with Gasteiger partial charge in [-0.05, 0) is 67.4 Å². The lowest BCUT2D eigenvalue weighted by molar-refractivity contribution is -0.120. The van der Waals surface area contributed by atoms with E-state index in [0.717, 1.165) is 29.9 Å². The summed E-state index contributed by atoms with van der Waals surface area (Å²) in [5.74, 6) is 0.740. The molecular formula is C22H27N3O4. The molecule has 0 aliphatic carbocycles. The molecule has 0 aliphatic rings. The number of ether oxygens (including phenoxy) is 2. The SMILES string of the molecule is CCCCOc1ccc(C(=O)NCC(=O)N/N=C/c2ccc(OCC)cc2)cc1. The highest BCUT2D eigenvalue weighted by atomic mass is 16.5. The molecule has 0 bridgehead atoms.